The van der Waals surface area contributed by atoms with Crippen LogP contribution in [0.2, 0.25) is 0 Å². The van der Waals surface area contributed by atoms with Crippen LogP contribution in [0.25, 0.3) is 10.9 Å². The minimum absolute atomic E-state index is 0.0289. The molecule has 6 nitrogen and oxygen atoms in total. The van der Waals surface area contributed by atoms with E-state index >= 15 is 4.39 Å². The molecule has 0 radical (unpaired) electrons. The first kappa shape index (κ1) is 19.8. The van der Waals surface area contributed by atoms with Gasteiger partial charge >= 0.3 is 0 Å². The van der Waals surface area contributed by atoms with Gasteiger partial charge in [-0.25, -0.2) is 4.39 Å². The first-order chi connectivity index (χ1) is 15.0. The lowest BCUT2D eigenvalue weighted by atomic mass is 10.1. The molecular formula is C24H24FN3O3. The quantitative estimate of drug-likeness (QED) is 0.695. The number of nitrogens with zero attached hydrogens (tertiary/aromatic N) is 2. The van der Waals surface area contributed by atoms with Crippen molar-refractivity contribution < 1.29 is 13.9 Å². The number of rotatable bonds is 4. The van der Waals surface area contributed by atoms with Gasteiger partial charge in [0, 0.05) is 36.4 Å². The average molecular weight is 421 g/mol. The fourth-order valence-electron chi connectivity index (χ4n) is 4.12. The van der Waals surface area contributed by atoms with Gasteiger partial charge in [-0.1, -0.05) is 18.2 Å². The molecular weight excluding hydrogens is 397 g/mol. The Morgan fingerprint density at radius 2 is 1.90 bits per heavy atom. The van der Waals surface area contributed by atoms with Crippen molar-refractivity contribution in [3.05, 3.63) is 69.8 Å². The van der Waals surface area contributed by atoms with E-state index in [2.05, 4.69) is 5.32 Å². The molecule has 1 amide bonds. The maximum Gasteiger partial charge on any atom is 0.261 e. The van der Waals surface area contributed by atoms with Crippen LogP contribution in [0.5, 0.6) is 0 Å². The molecule has 2 fully saturated rings. The Morgan fingerprint density at radius 3 is 2.61 bits per heavy atom. The third-order valence-electron chi connectivity index (χ3n) is 6.03. The Morgan fingerprint density at radius 1 is 1.16 bits per heavy atom. The largest absolute Gasteiger partial charge is 0.378 e. The van der Waals surface area contributed by atoms with Crippen LogP contribution >= 0.6 is 0 Å². The number of aromatic nitrogens is 1. The van der Waals surface area contributed by atoms with Crippen molar-refractivity contribution in [3.8, 4) is 0 Å². The zero-order chi connectivity index (χ0) is 21.5. The van der Waals surface area contributed by atoms with Gasteiger partial charge < -0.3 is 19.5 Å². The number of benzene rings is 2. The Kier molecular flexibility index (Phi) is 4.98. The minimum Gasteiger partial charge on any atom is -0.378 e. The molecule has 7 heteroatoms. The van der Waals surface area contributed by atoms with Gasteiger partial charge in [-0.3, -0.25) is 9.59 Å². The number of nitrogens with one attached hydrogen (secondary N) is 1. The number of para-hydroxylation sites is 1. The standard InChI is InChI=1S/C24H24FN3O3/c1-15-4-2-3-5-20(15)26-24(30)18-14-28(16-6-7-16)21-13-22(27-8-10-31-11-9-27)19(25)12-17(21)23(18)29/h2-5,12-14,16H,6-11H2,1H3,(H,26,30). The van der Waals surface area contributed by atoms with Crippen molar-refractivity contribution in [2.24, 2.45) is 0 Å². The summed E-state index contributed by atoms with van der Waals surface area (Å²) in [6.45, 7) is 4.19. The smallest absolute Gasteiger partial charge is 0.261 e. The zero-order valence-corrected chi connectivity index (χ0v) is 17.4. The van der Waals surface area contributed by atoms with E-state index in [1.54, 1.807) is 18.3 Å². The predicted octanol–water partition coefficient (Wildman–Crippen LogP) is 3.87. The second kappa shape index (κ2) is 7.81. The van der Waals surface area contributed by atoms with E-state index < -0.39 is 17.2 Å². The number of fused-ring (bicyclic) bond motifs is 1. The molecule has 0 bridgehead atoms. The molecule has 2 heterocycles. The fraction of sp³-hybridized carbons (Fsp3) is 0.333. The van der Waals surface area contributed by atoms with Gasteiger partial charge in [0.1, 0.15) is 11.4 Å². The van der Waals surface area contributed by atoms with E-state index in [4.69, 9.17) is 4.74 Å². The van der Waals surface area contributed by atoms with Crippen LogP contribution < -0.4 is 15.6 Å². The summed E-state index contributed by atoms with van der Waals surface area (Å²) in [6.07, 6.45) is 3.58. The Hall–Kier alpha value is -3.19. The van der Waals surface area contributed by atoms with E-state index in [-0.39, 0.29) is 17.0 Å². The number of hydrogen-bond donors (Lipinski definition) is 1. The highest BCUT2D eigenvalue weighted by Gasteiger charge is 2.28. The first-order valence-electron chi connectivity index (χ1n) is 10.6. The average Bonchev–Trinajstić information content (AvgIpc) is 3.61. The fourth-order valence-corrected chi connectivity index (χ4v) is 4.12. The summed E-state index contributed by atoms with van der Waals surface area (Å²) in [4.78, 5) is 28.1. The minimum atomic E-state index is -0.478. The number of carbonyl (C=O) groups excluding carboxylic acids is 1. The Balaban J connectivity index is 1.61. The summed E-state index contributed by atoms with van der Waals surface area (Å²) < 4.78 is 22.4. The monoisotopic (exact) mass is 421 g/mol. The second-order valence-corrected chi connectivity index (χ2v) is 8.20. The van der Waals surface area contributed by atoms with Crippen molar-refractivity contribution in [2.45, 2.75) is 25.8 Å². The molecule has 0 atom stereocenters. The molecule has 1 saturated carbocycles. The molecule has 1 saturated heterocycles. The van der Waals surface area contributed by atoms with Gasteiger partial charge in [-0.15, -0.1) is 0 Å². The Bertz CT molecular complexity index is 1230. The van der Waals surface area contributed by atoms with E-state index in [0.717, 1.165) is 18.4 Å². The van der Waals surface area contributed by atoms with Crippen LogP contribution in [0.4, 0.5) is 15.8 Å². The van der Waals surface area contributed by atoms with E-state index in [1.807, 2.05) is 34.6 Å². The van der Waals surface area contributed by atoms with Crippen molar-refractivity contribution in [2.75, 3.05) is 36.5 Å². The molecule has 2 aromatic carbocycles. The van der Waals surface area contributed by atoms with Gasteiger partial charge in [-0.05, 0) is 43.5 Å². The Labute approximate surface area is 179 Å². The predicted molar refractivity (Wildman–Crippen MR) is 119 cm³/mol. The van der Waals surface area contributed by atoms with Gasteiger partial charge in [-0.2, -0.15) is 0 Å². The van der Waals surface area contributed by atoms with Crippen LogP contribution in [-0.2, 0) is 4.74 Å². The molecule has 1 aromatic heterocycles. The van der Waals surface area contributed by atoms with E-state index in [1.165, 1.54) is 6.07 Å². The van der Waals surface area contributed by atoms with Crippen molar-refractivity contribution >= 4 is 28.2 Å². The lowest BCUT2D eigenvalue weighted by Crippen LogP contribution is -2.36. The normalized spacial score (nSPS) is 16.5. The maximum atomic E-state index is 15.0. The summed E-state index contributed by atoms with van der Waals surface area (Å²) in [5.41, 5.74) is 2.27. The highest BCUT2D eigenvalue weighted by Crippen LogP contribution is 2.38. The van der Waals surface area contributed by atoms with Crippen LogP contribution in [0.3, 0.4) is 0 Å². The second-order valence-electron chi connectivity index (χ2n) is 8.20. The number of hydrogen-bond acceptors (Lipinski definition) is 4. The van der Waals surface area contributed by atoms with Crippen LogP contribution in [-0.4, -0.2) is 36.8 Å². The van der Waals surface area contributed by atoms with Crippen molar-refractivity contribution in [3.63, 3.8) is 0 Å². The molecule has 3 aromatic rings. The van der Waals surface area contributed by atoms with Crippen molar-refractivity contribution in [1.29, 1.82) is 0 Å². The lowest BCUT2D eigenvalue weighted by Gasteiger charge is -2.29. The number of anilines is 2. The van der Waals surface area contributed by atoms with E-state index in [0.29, 0.717) is 43.2 Å². The molecule has 31 heavy (non-hydrogen) atoms. The van der Waals surface area contributed by atoms with Crippen LogP contribution in [0.15, 0.2) is 47.4 Å². The molecule has 1 aliphatic heterocycles. The maximum absolute atomic E-state index is 15.0. The number of pyridine rings is 1. The molecule has 5 rings (SSSR count). The highest BCUT2D eigenvalue weighted by molar-refractivity contribution is 6.06. The molecule has 0 spiro atoms. The van der Waals surface area contributed by atoms with Gasteiger partial charge in [0.15, 0.2) is 0 Å². The number of carbonyl (C=O) groups is 1. The summed E-state index contributed by atoms with van der Waals surface area (Å²) >= 11 is 0. The summed E-state index contributed by atoms with van der Waals surface area (Å²) in [6, 6.07) is 10.6. The van der Waals surface area contributed by atoms with Crippen molar-refractivity contribution in [1.82, 2.24) is 4.57 Å². The summed E-state index contributed by atoms with van der Waals surface area (Å²) in [5.74, 6) is -0.932. The topological polar surface area (TPSA) is 63.6 Å². The number of halogens is 1. The van der Waals surface area contributed by atoms with Gasteiger partial charge in [0.05, 0.1) is 24.4 Å². The number of amides is 1. The lowest BCUT2D eigenvalue weighted by molar-refractivity contribution is 0.102. The van der Waals surface area contributed by atoms with Gasteiger partial charge in [0.2, 0.25) is 5.43 Å². The van der Waals surface area contributed by atoms with Gasteiger partial charge in [0.25, 0.3) is 5.91 Å². The molecule has 1 N–H and O–H groups in total. The third kappa shape index (κ3) is 3.70. The number of aryl methyl sites for hydroxylation is 1. The summed E-state index contributed by atoms with van der Waals surface area (Å²) in [5, 5.41) is 3.06. The number of ether oxygens (including phenoxy) is 1. The number of morpholine rings is 1. The highest BCUT2D eigenvalue weighted by atomic mass is 19.1. The van der Waals surface area contributed by atoms with Crippen LogP contribution in [0, 0.1) is 12.7 Å². The molecule has 2 aliphatic rings. The molecule has 160 valence electrons. The zero-order valence-electron chi connectivity index (χ0n) is 17.4. The molecule has 0 unspecified atom stereocenters. The molecule has 1 aliphatic carbocycles. The third-order valence-corrected chi connectivity index (χ3v) is 6.03. The van der Waals surface area contributed by atoms with E-state index in [9.17, 15) is 9.59 Å². The summed E-state index contributed by atoms with van der Waals surface area (Å²) in [7, 11) is 0. The first-order valence-corrected chi connectivity index (χ1v) is 10.6. The van der Waals surface area contributed by atoms with Crippen LogP contribution in [0.1, 0.15) is 34.8 Å². The SMILES string of the molecule is Cc1ccccc1NC(=O)c1cn(C2CC2)c2cc(N3CCOCC3)c(F)cc2c1=O.